The predicted molar refractivity (Wildman–Crippen MR) is 141 cm³/mol. The average molecular weight is 558 g/mol. The minimum absolute atomic E-state index is 0.0000887. The van der Waals surface area contributed by atoms with Gasteiger partial charge in [0.2, 0.25) is 10.0 Å². The van der Waals surface area contributed by atoms with Crippen molar-refractivity contribution in [3.8, 4) is 5.75 Å². The standard InChI is InChI=1S/C26H28BrN3O4S/c1-17-5-7-21(8-6-17)15-30(35(33,34)26-19(3)11-18(2)12-20(26)4)16-25(32)29-28-14-22-13-23(27)9-10-24(22)31/h5-14,31H,15-16H2,1-4H3,(H,29,32)/b28-14+. The maximum absolute atomic E-state index is 13.7. The van der Waals surface area contributed by atoms with Gasteiger partial charge in [0.25, 0.3) is 5.91 Å². The van der Waals surface area contributed by atoms with Crippen LogP contribution in [0.15, 0.2) is 69.1 Å². The number of benzene rings is 3. The third-order valence-electron chi connectivity index (χ3n) is 5.38. The smallest absolute Gasteiger partial charge is 0.255 e. The Morgan fingerprint density at radius 3 is 2.26 bits per heavy atom. The first-order valence-corrected chi connectivity index (χ1v) is 13.1. The monoisotopic (exact) mass is 557 g/mol. The number of carbonyl (C=O) groups is 1. The topological polar surface area (TPSA) is 99.1 Å². The Bertz CT molecular complexity index is 1350. The third-order valence-corrected chi connectivity index (χ3v) is 7.98. The van der Waals surface area contributed by atoms with Crippen LogP contribution in [0.3, 0.4) is 0 Å². The second kappa shape index (κ2) is 11.2. The van der Waals surface area contributed by atoms with Gasteiger partial charge in [-0.05, 0) is 62.6 Å². The molecule has 3 aromatic rings. The lowest BCUT2D eigenvalue weighted by Gasteiger charge is -2.24. The third kappa shape index (κ3) is 6.78. The minimum atomic E-state index is -4.00. The number of rotatable bonds is 8. The molecule has 0 heterocycles. The minimum Gasteiger partial charge on any atom is -0.507 e. The molecular weight excluding hydrogens is 530 g/mol. The van der Waals surface area contributed by atoms with E-state index in [2.05, 4.69) is 26.5 Å². The highest BCUT2D eigenvalue weighted by atomic mass is 79.9. The molecule has 0 spiro atoms. The van der Waals surface area contributed by atoms with Crippen molar-refractivity contribution in [1.82, 2.24) is 9.73 Å². The molecule has 0 radical (unpaired) electrons. The lowest BCUT2D eigenvalue weighted by molar-refractivity contribution is -0.121. The Kier molecular flexibility index (Phi) is 8.47. The largest absolute Gasteiger partial charge is 0.507 e. The molecule has 0 saturated heterocycles. The van der Waals surface area contributed by atoms with Gasteiger partial charge in [0.15, 0.2) is 0 Å². The van der Waals surface area contributed by atoms with Gasteiger partial charge >= 0.3 is 0 Å². The van der Waals surface area contributed by atoms with Crippen LogP contribution in [0.4, 0.5) is 0 Å². The molecule has 184 valence electrons. The normalized spacial score (nSPS) is 11.8. The zero-order valence-electron chi connectivity index (χ0n) is 20.0. The van der Waals surface area contributed by atoms with Gasteiger partial charge in [-0.1, -0.05) is 63.5 Å². The van der Waals surface area contributed by atoms with Crippen molar-refractivity contribution < 1.29 is 18.3 Å². The van der Waals surface area contributed by atoms with Crippen LogP contribution < -0.4 is 5.43 Å². The van der Waals surface area contributed by atoms with Crippen molar-refractivity contribution in [3.63, 3.8) is 0 Å². The molecule has 0 aliphatic rings. The first kappa shape index (κ1) is 26.6. The lowest BCUT2D eigenvalue weighted by Crippen LogP contribution is -2.39. The number of aryl methyl sites for hydroxylation is 4. The van der Waals surface area contributed by atoms with Crippen molar-refractivity contribution in [3.05, 3.63) is 92.5 Å². The molecule has 0 atom stereocenters. The van der Waals surface area contributed by atoms with E-state index in [9.17, 15) is 18.3 Å². The van der Waals surface area contributed by atoms with Gasteiger partial charge in [0.05, 0.1) is 17.7 Å². The molecule has 35 heavy (non-hydrogen) atoms. The fraction of sp³-hybridized carbons (Fsp3) is 0.231. The maximum Gasteiger partial charge on any atom is 0.255 e. The Balaban J connectivity index is 1.88. The van der Waals surface area contributed by atoms with Crippen LogP contribution >= 0.6 is 15.9 Å². The van der Waals surface area contributed by atoms with Crippen molar-refractivity contribution in [2.75, 3.05) is 6.54 Å². The Hall–Kier alpha value is -3.01. The summed E-state index contributed by atoms with van der Waals surface area (Å²) in [5.74, 6) is -0.603. The van der Waals surface area contributed by atoms with Crippen LogP contribution in [-0.4, -0.2) is 36.5 Å². The molecule has 0 aliphatic heterocycles. The van der Waals surface area contributed by atoms with Gasteiger partial charge in [-0.25, -0.2) is 13.8 Å². The van der Waals surface area contributed by atoms with Crippen LogP contribution in [0, 0.1) is 27.7 Å². The van der Waals surface area contributed by atoms with E-state index in [0.29, 0.717) is 16.7 Å². The lowest BCUT2D eigenvalue weighted by atomic mass is 10.1. The van der Waals surface area contributed by atoms with Crippen LogP contribution in [0.2, 0.25) is 0 Å². The quantitative estimate of drug-likeness (QED) is 0.309. The fourth-order valence-electron chi connectivity index (χ4n) is 3.82. The van der Waals surface area contributed by atoms with Gasteiger partial charge in [0.1, 0.15) is 5.75 Å². The average Bonchev–Trinajstić information content (AvgIpc) is 2.76. The van der Waals surface area contributed by atoms with Gasteiger partial charge in [-0.15, -0.1) is 0 Å². The Morgan fingerprint density at radius 1 is 1.00 bits per heavy atom. The number of nitrogens with zero attached hydrogens (tertiary/aromatic N) is 2. The summed E-state index contributed by atoms with van der Waals surface area (Å²) < 4.78 is 29.4. The highest BCUT2D eigenvalue weighted by Crippen LogP contribution is 2.26. The number of halogens is 1. The second-order valence-corrected chi connectivity index (χ2v) is 11.3. The Morgan fingerprint density at radius 2 is 1.63 bits per heavy atom. The summed E-state index contributed by atoms with van der Waals surface area (Å²) in [4.78, 5) is 12.9. The van der Waals surface area contributed by atoms with E-state index in [-0.39, 0.29) is 17.2 Å². The van der Waals surface area contributed by atoms with E-state index >= 15 is 0 Å². The number of phenols is 1. The number of aromatic hydroxyl groups is 1. The number of hydrogen-bond acceptors (Lipinski definition) is 5. The number of sulfonamides is 1. The van der Waals surface area contributed by atoms with E-state index in [1.165, 1.54) is 12.3 Å². The predicted octanol–water partition coefficient (Wildman–Crippen LogP) is 4.73. The molecule has 7 nitrogen and oxygen atoms in total. The first-order valence-electron chi connectivity index (χ1n) is 10.9. The van der Waals surface area contributed by atoms with Crippen LogP contribution in [0.5, 0.6) is 5.75 Å². The second-order valence-electron chi connectivity index (χ2n) is 8.48. The van der Waals surface area contributed by atoms with Gasteiger partial charge in [-0.3, -0.25) is 4.79 Å². The molecule has 3 rings (SSSR count). The molecule has 9 heteroatoms. The SMILES string of the molecule is Cc1ccc(CN(CC(=O)N/N=C/c2cc(Br)ccc2O)S(=O)(=O)c2c(C)cc(C)cc2C)cc1. The molecule has 0 bridgehead atoms. The van der Waals surface area contributed by atoms with Gasteiger partial charge in [-0.2, -0.15) is 9.41 Å². The summed E-state index contributed by atoms with van der Waals surface area (Å²) in [5, 5.41) is 13.8. The number of amides is 1. The fourth-order valence-corrected chi connectivity index (χ4v) is 6.00. The summed E-state index contributed by atoms with van der Waals surface area (Å²) in [6.45, 7) is 6.97. The van der Waals surface area contributed by atoms with Crippen molar-refractivity contribution >= 4 is 38.1 Å². The maximum atomic E-state index is 13.7. The highest BCUT2D eigenvalue weighted by molar-refractivity contribution is 9.10. The van der Waals surface area contributed by atoms with Gasteiger partial charge in [0, 0.05) is 16.6 Å². The summed E-state index contributed by atoms with van der Waals surface area (Å²) in [6, 6.07) is 15.9. The summed E-state index contributed by atoms with van der Waals surface area (Å²) in [7, 11) is -4.00. The number of hydrazone groups is 1. The zero-order valence-corrected chi connectivity index (χ0v) is 22.4. The molecule has 0 fully saturated rings. The van der Waals surface area contributed by atoms with E-state index in [0.717, 1.165) is 25.5 Å². The van der Waals surface area contributed by atoms with Crippen LogP contribution in [0.25, 0.3) is 0 Å². The van der Waals surface area contributed by atoms with E-state index in [1.807, 2.05) is 50.2 Å². The molecule has 0 saturated carbocycles. The molecule has 2 N–H and O–H groups in total. The number of carbonyl (C=O) groups excluding carboxylic acids is 1. The summed E-state index contributed by atoms with van der Waals surface area (Å²) >= 11 is 3.31. The molecule has 1 amide bonds. The van der Waals surface area contributed by atoms with E-state index < -0.39 is 22.5 Å². The van der Waals surface area contributed by atoms with E-state index in [4.69, 9.17) is 0 Å². The van der Waals surface area contributed by atoms with Crippen LogP contribution in [0.1, 0.15) is 33.4 Å². The highest BCUT2D eigenvalue weighted by Gasteiger charge is 2.30. The molecule has 3 aromatic carbocycles. The van der Waals surface area contributed by atoms with E-state index in [1.54, 1.807) is 26.0 Å². The molecule has 0 unspecified atom stereocenters. The zero-order chi connectivity index (χ0) is 25.8. The first-order chi connectivity index (χ1) is 16.5. The van der Waals surface area contributed by atoms with Crippen molar-refractivity contribution in [2.24, 2.45) is 5.10 Å². The number of nitrogens with one attached hydrogen (secondary N) is 1. The molecule has 0 aromatic heterocycles. The van der Waals surface area contributed by atoms with Crippen molar-refractivity contribution in [2.45, 2.75) is 39.1 Å². The number of phenolic OH excluding ortho intramolecular Hbond substituents is 1. The summed E-state index contributed by atoms with van der Waals surface area (Å²) in [5.41, 5.74) is 6.79. The number of hydrogen-bond donors (Lipinski definition) is 2. The van der Waals surface area contributed by atoms with Gasteiger partial charge < -0.3 is 5.11 Å². The molecular formula is C26H28BrN3O4S. The summed E-state index contributed by atoms with van der Waals surface area (Å²) in [6.07, 6.45) is 1.30. The van der Waals surface area contributed by atoms with Crippen molar-refractivity contribution in [1.29, 1.82) is 0 Å². The van der Waals surface area contributed by atoms with Crippen LogP contribution in [-0.2, 0) is 21.4 Å². The Labute approximate surface area is 214 Å². The molecule has 0 aliphatic carbocycles.